The second-order valence-corrected chi connectivity index (χ2v) is 4.88. The topological polar surface area (TPSA) is 29.1 Å². The van der Waals surface area contributed by atoms with E-state index in [2.05, 4.69) is 19.2 Å². The molecule has 3 unspecified atom stereocenters. The van der Waals surface area contributed by atoms with Crippen LogP contribution < -0.4 is 5.32 Å². The third-order valence-electron chi connectivity index (χ3n) is 3.86. The molecule has 2 nitrogen and oxygen atoms in total. The number of carbonyl (C=O) groups excluding carboxylic acids is 1. The van der Waals surface area contributed by atoms with E-state index in [1.807, 2.05) is 14.0 Å². The Bertz CT molecular complexity index is 202. The van der Waals surface area contributed by atoms with Gasteiger partial charge in [-0.3, -0.25) is 4.79 Å². The quantitative estimate of drug-likeness (QED) is 0.751. The third-order valence-corrected chi connectivity index (χ3v) is 3.86. The maximum atomic E-state index is 11.9. The maximum absolute atomic E-state index is 11.9. The van der Waals surface area contributed by atoms with Gasteiger partial charge in [0.2, 0.25) is 0 Å². The molecule has 0 aromatic carbocycles. The number of ketones is 1. The molecule has 1 saturated carbocycles. The molecule has 0 aromatic heterocycles. The van der Waals surface area contributed by atoms with Crippen molar-refractivity contribution in [1.82, 2.24) is 5.32 Å². The van der Waals surface area contributed by atoms with Crippen molar-refractivity contribution < 1.29 is 4.79 Å². The lowest BCUT2D eigenvalue weighted by Crippen LogP contribution is -2.38. The third kappa shape index (κ3) is 2.57. The molecule has 0 amide bonds. The van der Waals surface area contributed by atoms with Gasteiger partial charge in [-0.1, -0.05) is 13.8 Å². The van der Waals surface area contributed by atoms with E-state index in [4.69, 9.17) is 0 Å². The van der Waals surface area contributed by atoms with E-state index in [1.165, 1.54) is 6.42 Å². The molecule has 0 bridgehead atoms. The number of rotatable bonds is 3. The number of Topliss-reactive ketones (excluding diaryl/α,β-unsaturated/α-hetero) is 1. The number of likely N-dealkylation sites (N-methyl/N-ethyl adjacent to an activating group) is 1. The van der Waals surface area contributed by atoms with Crippen LogP contribution in [0.4, 0.5) is 0 Å². The molecule has 14 heavy (non-hydrogen) atoms. The predicted octanol–water partition coefficient (Wildman–Crippen LogP) is 2.24. The summed E-state index contributed by atoms with van der Waals surface area (Å²) in [6.07, 6.45) is 3.40. The first-order chi connectivity index (χ1) is 6.56. The van der Waals surface area contributed by atoms with Gasteiger partial charge in [-0.25, -0.2) is 0 Å². The van der Waals surface area contributed by atoms with Crippen LogP contribution in [0, 0.1) is 17.8 Å². The number of hydrogen-bond donors (Lipinski definition) is 1. The lowest BCUT2D eigenvalue weighted by atomic mass is 9.73. The fraction of sp³-hybridized carbons (Fsp3) is 0.917. The van der Waals surface area contributed by atoms with Crippen LogP contribution in [0.1, 0.15) is 40.0 Å². The van der Waals surface area contributed by atoms with Crippen LogP contribution in [0.5, 0.6) is 0 Å². The molecule has 1 aliphatic rings. The fourth-order valence-corrected chi connectivity index (χ4v) is 2.30. The molecule has 1 rings (SSSR count). The van der Waals surface area contributed by atoms with E-state index in [1.54, 1.807) is 0 Å². The molecule has 0 saturated heterocycles. The summed E-state index contributed by atoms with van der Waals surface area (Å²) in [4.78, 5) is 11.9. The van der Waals surface area contributed by atoms with Crippen LogP contribution in [0.2, 0.25) is 0 Å². The molecular weight excluding hydrogens is 174 g/mol. The Hall–Kier alpha value is -0.370. The first kappa shape index (κ1) is 11.7. The summed E-state index contributed by atoms with van der Waals surface area (Å²) < 4.78 is 0. The van der Waals surface area contributed by atoms with Gasteiger partial charge in [-0.15, -0.1) is 0 Å². The van der Waals surface area contributed by atoms with Gasteiger partial charge >= 0.3 is 0 Å². The molecule has 0 spiro atoms. The van der Waals surface area contributed by atoms with Crippen LogP contribution in [0.25, 0.3) is 0 Å². The predicted molar refractivity (Wildman–Crippen MR) is 59.2 cm³/mol. The molecule has 82 valence electrons. The smallest absolute Gasteiger partial charge is 0.152 e. The molecule has 0 heterocycles. The molecule has 1 fully saturated rings. The van der Waals surface area contributed by atoms with E-state index in [0.29, 0.717) is 17.6 Å². The summed E-state index contributed by atoms with van der Waals surface area (Å²) in [5.74, 6) is 2.22. The molecule has 2 heteroatoms. The van der Waals surface area contributed by atoms with Gasteiger partial charge in [0.15, 0.2) is 5.78 Å². The highest BCUT2D eigenvalue weighted by atomic mass is 16.1. The van der Waals surface area contributed by atoms with Crippen molar-refractivity contribution in [3.05, 3.63) is 0 Å². The van der Waals surface area contributed by atoms with Crippen LogP contribution in [0.3, 0.4) is 0 Å². The van der Waals surface area contributed by atoms with Crippen LogP contribution in [-0.2, 0) is 4.79 Å². The SMILES string of the molecule is CN[C@@H](C)C(=O)C1CCC(C)C(C)C1. The fourth-order valence-electron chi connectivity index (χ4n) is 2.30. The largest absolute Gasteiger partial charge is 0.311 e. The highest BCUT2D eigenvalue weighted by molar-refractivity contribution is 5.85. The number of nitrogens with one attached hydrogen (secondary N) is 1. The minimum absolute atomic E-state index is 0.0283. The molecule has 0 aliphatic heterocycles. The van der Waals surface area contributed by atoms with Crippen LogP contribution >= 0.6 is 0 Å². The maximum Gasteiger partial charge on any atom is 0.152 e. The zero-order valence-corrected chi connectivity index (χ0v) is 9.84. The molecule has 0 radical (unpaired) electrons. The zero-order chi connectivity index (χ0) is 10.7. The van der Waals surface area contributed by atoms with Gasteiger partial charge in [0.1, 0.15) is 0 Å². The van der Waals surface area contributed by atoms with Crippen molar-refractivity contribution in [2.75, 3.05) is 7.05 Å². The molecule has 0 aromatic rings. The van der Waals surface area contributed by atoms with Crippen molar-refractivity contribution in [3.63, 3.8) is 0 Å². The Morgan fingerprint density at radius 3 is 2.43 bits per heavy atom. The molecule has 1 N–H and O–H groups in total. The minimum Gasteiger partial charge on any atom is -0.311 e. The average molecular weight is 197 g/mol. The summed E-state index contributed by atoms with van der Waals surface area (Å²) in [5, 5.41) is 3.04. The highest BCUT2D eigenvalue weighted by Crippen LogP contribution is 2.34. The average Bonchev–Trinajstić information content (AvgIpc) is 2.20. The Labute approximate surface area is 87.5 Å². The van der Waals surface area contributed by atoms with Crippen molar-refractivity contribution in [3.8, 4) is 0 Å². The van der Waals surface area contributed by atoms with Crippen molar-refractivity contribution in [2.24, 2.45) is 17.8 Å². The molecule has 1 aliphatic carbocycles. The van der Waals surface area contributed by atoms with Crippen molar-refractivity contribution in [1.29, 1.82) is 0 Å². The Morgan fingerprint density at radius 1 is 1.29 bits per heavy atom. The number of carbonyl (C=O) groups is 1. The van der Waals surface area contributed by atoms with Crippen molar-refractivity contribution >= 4 is 5.78 Å². The lowest BCUT2D eigenvalue weighted by molar-refractivity contribution is -0.126. The molecule has 4 atom stereocenters. The van der Waals surface area contributed by atoms with Crippen molar-refractivity contribution in [2.45, 2.75) is 46.1 Å². The van der Waals surface area contributed by atoms with Crippen LogP contribution in [-0.4, -0.2) is 18.9 Å². The van der Waals surface area contributed by atoms with Gasteiger partial charge in [0.05, 0.1) is 6.04 Å². The van der Waals surface area contributed by atoms with Gasteiger partial charge in [0, 0.05) is 5.92 Å². The zero-order valence-electron chi connectivity index (χ0n) is 9.84. The summed E-state index contributed by atoms with van der Waals surface area (Å²) in [7, 11) is 1.86. The summed E-state index contributed by atoms with van der Waals surface area (Å²) in [6, 6.07) is 0.0283. The van der Waals surface area contributed by atoms with Gasteiger partial charge in [0.25, 0.3) is 0 Å². The van der Waals surface area contributed by atoms with E-state index in [0.717, 1.165) is 18.8 Å². The Kier molecular flexibility index (Phi) is 4.11. The first-order valence-corrected chi connectivity index (χ1v) is 5.77. The minimum atomic E-state index is 0.0283. The molecular formula is C12H23NO. The summed E-state index contributed by atoms with van der Waals surface area (Å²) in [5.41, 5.74) is 0. The second-order valence-electron chi connectivity index (χ2n) is 4.88. The van der Waals surface area contributed by atoms with Gasteiger partial charge in [-0.05, 0) is 45.1 Å². The normalized spacial score (nSPS) is 35.3. The Morgan fingerprint density at radius 2 is 1.93 bits per heavy atom. The first-order valence-electron chi connectivity index (χ1n) is 5.77. The summed E-state index contributed by atoms with van der Waals surface area (Å²) in [6.45, 7) is 6.53. The van der Waals surface area contributed by atoms with Crippen LogP contribution in [0.15, 0.2) is 0 Å². The van der Waals surface area contributed by atoms with Gasteiger partial charge in [-0.2, -0.15) is 0 Å². The number of hydrogen-bond acceptors (Lipinski definition) is 2. The second kappa shape index (κ2) is 4.92. The van der Waals surface area contributed by atoms with E-state index in [-0.39, 0.29) is 6.04 Å². The lowest BCUT2D eigenvalue weighted by Gasteiger charge is -2.32. The Balaban J connectivity index is 2.50. The standard InChI is InChI=1S/C12H23NO/c1-8-5-6-11(7-9(8)2)12(14)10(3)13-4/h8-11,13H,5-7H2,1-4H3/t8?,9?,10-,11?/m0/s1. The van der Waals surface area contributed by atoms with E-state index < -0.39 is 0 Å². The summed E-state index contributed by atoms with van der Waals surface area (Å²) >= 11 is 0. The van der Waals surface area contributed by atoms with E-state index >= 15 is 0 Å². The monoisotopic (exact) mass is 197 g/mol. The van der Waals surface area contributed by atoms with Gasteiger partial charge < -0.3 is 5.32 Å². The van der Waals surface area contributed by atoms with E-state index in [9.17, 15) is 4.79 Å². The highest BCUT2D eigenvalue weighted by Gasteiger charge is 2.30.